The largest absolute Gasteiger partial charge is 0.254 e. The fourth-order valence-corrected chi connectivity index (χ4v) is 0.967. The molecule has 1 heterocycles. The van der Waals surface area contributed by atoms with Crippen molar-refractivity contribution in [2.45, 2.75) is 33.1 Å². The van der Waals surface area contributed by atoms with Crippen molar-refractivity contribution in [3.63, 3.8) is 0 Å². The molecule has 0 aliphatic heterocycles. The monoisotopic (exact) mass is 168 g/mol. The molecule has 1 aromatic heterocycles. The Labute approximate surface area is 71.9 Å². The number of aromatic nitrogens is 2. The summed E-state index contributed by atoms with van der Waals surface area (Å²) in [6, 6.07) is 0. The molecule has 0 saturated carbocycles. The summed E-state index contributed by atoms with van der Waals surface area (Å²) in [5.74, 6) is -0.326. The van der Waals surface area contributed by atoms with E-state index in [-0.39, 0.29) is 5.92 Å². The topological polar surface area (TPSA) is 25.8 Å². The molecule has 0 aliphatic carbocycles. The van der Waals surface area contributed by atoms with E-state index in [2.05, 4.69) is 9.97 Å². The third-order valence-corrected chi connectivity index (χ3v) is 1.71. The summed E-state index contributed by atoms with van der Waals surface area (Å²) in [5.41, 5.74) is 1.16. The summed E-state index contributed by atoms with van der Waals surface area (Å²) in [6.45, 7) is 5.73. The Morgan fingerprint density at radius 2 is 2.17 bits per heavy atom. The summed E-state index contributed by atoms with van der Waals surface area (Å²) in [5, 5.41) is 0. The van der Waals surface area contributed by atoms with Gasteiger partial charge >= 0.3 is 0 Å². The molecule has 0 unspecified atom stereocenters. The third kappa shape index (κ3) is 1.78. The van der Waals surface area contributed by atoms with Gasteiger partial charge in [0.1, 0.15) is 0 Å². The zero-order valence-corrected chi connectivity index (χ0v) is 7.63. The first-order chi connectivity index (χ1) is 5.65. The van der Waals surface area contributed by atoms with Gasteiger partial charge in [-0.15, -0.1) is 0 Å². The summed E-state index contributed by atoms with van der Waals surface area (Å²) in [7, 11) is 0. The molecule has 0 bridgehead atoms. The minimum Gasteiger partial charge on any atom is -0.254 e. The lowest BCUT2D eigenvalue weighted by Crippen LogP contribution is -2.02. The standard InChI is InChI=1S/C9H13FN2/c1-4-7-5-11-8(6(2)3)9(10)12-7/h5-6H,4H2,1-3H3. The fourth-order valence-electron chi connectivity index (χ4n) is 0.967. The van der Waals surface area contributed by atoms with E-state index in [1.165, 1.54) is 0 Å². The van der Waals surface area contributed by atoms with Gasteiger partial charge in [0.2, 0.25) is 5.95 Å². The molecule has 0 aliphatic rings. The molecule has 0 fully saturated rings. The van der Waals surface area contributed by atoms with Crippen molar-refractivity contribution in [2.24, 2.45) is 0 Å². The smallest absolute Gasteiger partial charge is 0.235 e. The molecule has 0 saturated heterocycles. The molecule has 0 spiro atoms. The average molecular weight is 168 g/mol. The zero-order chi connectivity index (χ0) is 9.14. The van der Waals surface area contributed by atoms with Crippen LogP contribution in [0, 0.1) is 5.95 Å². The number of nitrogens with zero attached hydrogens (tertiary/aromatic N) is 2. The van der Waals surface area contributed by atoms with Crippen LogP contribution in [0.15, 0.2) is 6.20 Å². The van der Waals surface area contributed by atoms with Crippen LogP contribution < -0.4 is 0 Å². The fraction of sp³-hybridized carbons (Fsp3) is 0.556. The van der Waals surface area contributed by atoms with Crippen molar-refractivity contribution in [3.05, 3.63) is 23.5 Å². The molecule has 1 rings (SSSR count). The molecule has 2 nitrogen and oxygen atoms in total. The van der Waals surface area contributed by atoms with Crippen LogP contribution in [0.4, 0.5) is 4.39 Å². The van der Waals surface area contributed by atoms with Gasteiger partial charge in [0.25, 0.3) is 0 Å². The summed E-state index contributed by atoms with van der Waals surface area (Å²) in [6.07, 6.45) is 2.36. The summed E-state index contributed by atoms with van der Waals surface area (Å²) >= 11 is 0. The van der Waals surface area contributed by atoms with Gasteiger partial charge in [-0.3, -0.25) is 4.98 Å². The van der Waals surface area contributed by atoms with E-state index in [4.69, 9.17) is 0 Å². The Bertz CT molecular complexity index is 271. The van der Waals surface area contributed by atoms with Gasteiger partial charge in [0.15, 0.2) is 0 Å². The van der Waals surface area contributed by atoms with Crippen molar-refractivity contribution < 1.29 is 4.39 Å². The molecule has 0 atom stereocenters. The maximum Gasteiger partial charge on any atom is 0.235 e. The van der Waals surface area contributed by atoms with Crippen molar-refractivity contribution >= 4 is 0 Å². The molecule has 12 heavy (non-hydrogen) atoms. The van der Waals surface area contributed by atoms with Crippen LogP contribution in [0.3, 0.4) is 0 Å². The van der Waals surface area contributed by atoms with Crippen LogP contribution >= 0.6 is 0 Å². The highest BCUT2D eigenvalue weighted by Crippen LogP contribution is 2.13. The molecular formula is C9H13FN2. The van der Waals surface area contributed by atoms with E-state index < -0.39 is 5.95 Å². The summed E-state index contributed by atoms with van der Waals surface area (Å²) < 4.78 is 13.1. The van der Waals surface area contributed by atoms with Crippen LogP contribution in [-0.4, -0.2) is 9.97 Å². The molecule has 0 radical (unpaired) electrons. The lowest BCUT2D eigenvalue weighted by Gasteiger charge is -2.05. The van der Waals surface area contributed by atoms with Gasteiger partial charge in [-0.1, -0.05) is 20.8 Å². The van der Waals surface area contributed by atoms with Gasteiger partial charge in [-0.25, -0.2) is 4.98 Å². The van der Waals surface area contributed by atoms with Crippen molar-refractivity contribution in [3.8, 4) is 0 Å². The van der Waals surface area contributed by atoms with E-state index in [1.54, 1.807) is 6.20 Å². The van der Waals surface area contributed by atoms with Crippen LogP contribution in [0.5, 0.6) is 0 Å². The van der Waals surface area contributed by atoms with Crippen LogP contribution in [0.1, 0.15) is 38.1 Å². The van der Waals surface area contributed by atoms with Crippen molar-refractivity contribution in [1.29, 1.82) is 0 Å². The highest BCUT2D eigenvalue weighted by atomic mass is 19.1. The van der Waals surface area contributed by atoms with Gasteiger partial charge in [0.05, 0.1) is 11.4 Å². The summed E-state index contributed by atoms with van der Waals surface area (Å²) in [4.78, 5) is 7.79. The molecule has 1 aromatic rings. The van der Waals surface area contributed by atoms with E-state index in [1.807, 2.05) is 20.8 Å². The molecular weight excluding hydrogens is 155 g/mol. The Balaban J connectivity index is 3.03. The minimum absolute atomic E-state index is 0.100. The Kier molecular flexibility index (Phi) is 2.74. The minimum atomic E-state index is -0.427. The van der Waals surface area contributed by atoms with Crippen LogP contribution in [0.2, 0.25) is 0 Å². The SMILES string of the molecule is CCc1cnc(C(C)C)c(F)n1. The van der Waals surface area contributed by atoms with Gasteiger partial charge in [-0.2, -0.15) is 4.39 Å². The zero-order valence-electron chi connectivity index (χ0n) is 7.63. The average Bonchev–Trinajstić information content (AvgIpc) is 2.03. The van der Waals surface area contributed by atoms with Crippen LogP contribution in [0.25, 0.3) is 0 Å². The third-order valence-electron chi connectivity index (χ3n) is 1.71. The Morgan fingerprint density at radius 3 is 2.58 bits per heavy atom. The van der Waals surface area contributed by atoms with E-state index in [9.17, 15) is 4.39 Å². The lowest BCUT2D eigenvalue weighted by atomic mass is 10.1. The lowest BCUT2D eigenvalue weighted by molar-refractivity contribution is 0.537. The van der Waals surface area contributed by atoms with Crippen LogP contribution in [-0.2, 0) is 6.42 Å². The maximum atomic E-state index is 13.1. The predicted octanol–water partition coefficient (Wildman–Crippen LogP) is 2.30. The maximum absolute atomic E-state index is 13.1. The number of halogens is 1. The number of aryl methyl sites for hydroxylation is 1. The van der Waals surface area contributed by atoms with E-state index in [0.29, 0.717) is 11.4 Å². The molecule has 0 aromatic carbocycles. The Morgan fingerprint density at radius 1 is 1.50 bits per heavy atom. The molecule has 3 heteroatoms. The second-order valence-electron chi connectivity index (χ2n) is 3.05. The quantitative estimate of drug-likeness (QED) is 0.677. The van der Waals surface area contributed by atoms with Crippen molar-refractivity contribution in [1.82, 2.24) is 9.97 Å². The Hall–Kier alpha value is -0.990. The molecule has 0 N–H and O–H groups in total. The van der Waals surface area contributed by atoms with E-state index >= 15 is 0 Å². The van der Waals surface area contributed by atoms with Crippen molar-refractivity contribution in [2.75, 3.05) is 0 Å². The first-order valence-corrected chi connectivity index (χ1v) is 4.16. The first kappa shape index (κ1) is 9.10. The van der Waals surface area contributed by atoms with Gasteiger partial charge < -0.3 is 0 Å². The van der Waals surface area contributed by atoms with Gasteiger partial charge in [0, 0.05) is 12.1 Å². The normalized spacial score (nSPS) is 10.8. The van der Waals surface area contributed by atoms with E-state index in [0.717, 1.165) is 6.42 Å². The second kappa shape index (κ2) is 3.61. The number of hydrogen-bond donors (Lipinski definition) is 0. The molecule has 0 amide bonds. The predicted molar refractivity (Wildman–Crippen MR) is 45.5 cm³/mol. The highest BCUT2D eigenvalue weighted by molar-refractivity contribution is 5.07. The number of rotatable bonds is 2. The molecule has 66 valence electrons. The highest BCUT2D eigenvalue weighted by Gasteiger charge is 2.09. The second-order valence-corrected chi connectivity index (χ2v) is 3.05. The first-order valence-electron chi connectivity index (χ1n) is 4.16. The number of hydrogen-bond acceptors (Lipinski definition) is 2. The van der Waals surface area contributed by atoms with Gasteiger partial charge in [-0.05, 0) is 6.42 Å².